The van der Waals surface area contributed by atoms with Gasteiger partial charge in [-0.2, -0.15) is 0 Å². The van der Waals surface area contributed by atoms with Crippen LogP contribution in [-0.4, -0.2) is 5.11 Å². The summed E-state index contributed by atoms with van der Waals surface area (Å²) >= 11 is 5.89. The second-order valence-electron chi connectivity index (χ2n) is 3.39. The maximum Gasteiger partial charge on any atom is 0.0793 e. The minimum atomic E-state index is -0.413. The number of aryl methyl sites for hydroxylation is 1. The molecule has 1 N–H and O–H groups in total. The monoisotopic (exact) mass is 210 g/mol. The molecule has 0 radical (unpaired) electrons. The number of hydrogen-bond acceptors (Lipinski definition) is 1. The summed E-state index contributed by atoms with van der Waals surface area (Å²) in [6.07, 6.45) is 2.93. The van der Waals surface area contributed by atoms with E-state index in [-0.39, 0.29) is 0 Å². The molecule has 76 valence electrons. The second-order valence-corrected chi connectivity index (χ2v) is 3.80. The Morgan fingerprint density at radius 2 is 2.29 bits per heavy atom. The van der Waals surface area contributed by atoms with Crippen LogP contribution in [0.2, 0.25) is 5.02 Å². The lowest BCUT2D eigenvalue weighted by molar-refractivity contribution is 0.168. The average molecular weight is 211 g/mol. The molecular weight excluding hydrogens is 196 g/mol. The van der Waals surface area contributed by atoms with Crippen molar-refractivity contribution in [1.29, 1.82) is 0 Å². The largest absolute Gasteiger partial charge is 0.388 e. The third-order valence-electron chi connectivity index (χ3n) is 2.21. The van der Waals surface area contributed by atoms with Crippen molar-refractivity contribution in [3.63, 3.8) is 0 Å². The van der Waals surface area contributed by atoms with Crippen LogP contribution in [-0.2, 0) is 0 Å². The highest BCUT2D eigenvalue weighted by Crippen LogP contribution is 2.23. The number of aliphatic hydroxyl groups is 1. The van der Waals surface area contributed by atoms with Gasteiger partial charge in [0.05, 0.1) is 6.10 Å². The Bertz CT molecular complexity index is 320. The Morgan fingerprint density at radius 3 is 2.86 bits per heavy atom. The summed E-state index contributed by atoms with van der Waals surface area (Å²) in [7, 11) is 0. The van der Waals surface area contributed by atoms with E-state index in [0.29, 0.717) is 6.42 Å². The van der Waals surface area contributed by atoms with E-state index in [0.717, 1.165) is 22.6 Å². The summed E-state index contributed by atoms with van der Waals surface area (Å²) in [6, 6.07) is 5.61. The molecule has 0 bridgehead atoms. The molecule has 0 aromatic heterocycles. The Balaban J connectivity index is 2.75. The fraction of sp³-hybridized carbons (Fsp3) is 0.333. The third-order valence-corrected chi connectivity index (χ3v) is 2.64. The molecule has 1 aromatic carbocycles. The van der Waals surface area contributed by atoms with Crippen LogP contribution in [0.4, 0.5) is 0 Å². The van der Waals surface area contributed by atoms with Crippen LogP contribution >= 0.6 is 11.6 Å². The molecule has 1 atom stereocenters. The van der Waals surface area contributed by atoms with E-state index in [2.05, 4.69) is 6.58 Å². The number of allylic oxidation sites excluding steroid dienone is 1. The zero-order valence-corrected chi connectivity index (χ0v) is 9.09. The predicted molar refractivity (Wildman–Crippen MR) is 60.6 cm³/mol. The van der Waals surface area contributed by atoms with Crippen molar-refractivity contribution < 1.29 is 5.11 Å². The number of aliphatic hydroxyl groups excluding tert-OH is 1. The zero-order valence-electron chi connectivity index (χ0n) is 8.33. The molecule has 0 amide bonds. The topological polar surface area (TPSA) is 20.2 Å². The van der Waals surface area contributed by atoms with Crippen molar-refractivity contribution in [2.24, 2.45) is 0 Å². The molecule has 14 heavy (non-hydrogen) atoms. The lowest BCUT2D eigenvalue weighted by Crippen LogP contribution is -1.97. The molecule has 0 saturated heterocycles. The van der Waals surface area contributed by atoms with Crippen LogP contribution in [0.15, 0.2) is 30.9 Å². The molecule has 1 rings (SSSR count). The van der Waals surface area contributed by atoms with Gasteiger partial charge in [0, 0.05) is 5.02 Å². The molecule has 0 fully saturated rings. The third kappa shape index (κ3) is 2.86. The first kappa shape index (κ1) is 11.3. The lowest BCUT2D eigenvalue weighted by Gasteiger charge is -2.10. The summed E-state index contributed by atoms with van der Waals surface area (Å²) in [5.74, 6) is 0. The Kier molecular flexibility index (Phi) is 4.18. The molecule has 0 heterocycles. The minimum Gasteiger partial charge on any atom is -0.388 e. The Hall–Kier alpha value is -0.790. The first-order valence-electron chi connectivity index (χ1n) is 4.70. The first-order valence-corrected chi connectivity index (χ1v) is 5.08. The molecule has 0 aliphatic carbocycles. The van der Waals surface area contributed by atoms with Gasteiger partial charge in [-0.3, -0.25) is 0 Å². The van der Waals surface area contributed by atoms with Crippen molar-refractivity contribution in [2.45, 2.75) is 25.9 Å². The summed E-state index contributed by atoms with van der Waals surface area (Å²) in [5, 5.41) is 10.5. The maximum atomic E-state index is 9.78. The molecule has 1 aromatic rings. The van der Waals surface area contributed by atoms with Crippen molar-refractivity contribution in [1.82, 2.24) is 0 Å². The molecule has 1 unspecified atom stereocenters. The number of rotatable bonds is 4. The van der Waals surface area contributed by atoms with Gasteiger partial charge < -0.3 is 5.11 Å². The van der Waals surface area contributed by atoms with E-state index < -0.39 is 6.10 Å². The van der Waals surface area contributed by atoms with Crippen LogP contribution < -0.4 is 0 Å². The first-order chi connectivity index (χ1) is 6.65. The predicted octanol–water partition coefficient (Wildman–Crippen LogP) is 3.65. The van der Waals surface area contributed by atoms with E-state index in [4.69, 9.17) is 11.6 Å². The van der Waals surface area contributed by atoms with Crippen molar-refractivity contribution in [2.75, 3.05) is 0 Å². The van der Waals surface area contributed by atoms with Crippen LogP contribution in [0, 0.1) is 6.92 Å². The van der Waals surface area contributed by atoms with Crippen molar-refractivity contribution >= 4 is 11.6 Å². The van der Waals surface area contributed by atoms with Gasteiger partial charge in [-0.15, -0.1) is 6.58 Å². The molecule has 0 saturated carbocycles. The van der Waals surface area contributed by atoms with Crippen LogP contribution in [0.25, 0.3) is 0 Å². The quantitative estimate of drug-likeness (QED) is 0.753. The van der Waals surface area contributed by atoms with Crippen molar-refractivity contribution in [3.05, 3.63) is 47.0 Å². The second kappa shape index (κ2) is 5.18. The van der Waals surface area contributed by atoms with Gasteiger partial charge in [0.1, 0.15) is 0 Å². The normalized spacial score (nSPS) is 12.5. The van der Waals surface area contributed by atoms with E-state index in [1.165, 1.54) is 0 Å². The van der Waals surface area contributed by atoms with Gasteiger partial charge >= 0.3 is 0 Å². The fourth-order valence-corrected chi connectivity index (χ4v) is 1.44. The van der Waals surface area contributed by atoms with E-state index in [1.807, 2.05) is 31.2 Å². The highest BCUT2D eigenvalue weighted by atomic mass is 35.5. The fourth-order valence-electron chi connectivity index (χ4n) is 1.32. The van der Waals surface area contributed by atoms with Gasteiger partial charge in [0.2, 0.25) is 0 Å². The number of hydrogen-bond donors (Lipinski definition) is 1. The SMILES string of the molecule is C=CCCC(O)c1ccc(Cl)c(C)c1. The highest BCUT2D eigenvalue weighted by Gasteiger charge is 2.07. The summed E-state index contributed by atoms with van der Waals surface area (Å²) in [6.45, 7) is 5.56. The molecule has 0 spiro atoms. The van der Waals surface area contributed by atoms with E-state index in [9.17, 15) is 5.11 Å². The highest BCUT2D eigenvalue weighted by molar-refractivity contribution is 6.31. The average Bonchev–Trinajstić information content (AvgIpc) is 2.18. The molecule has 1 nitrogen and oxygen atoms in total. The van der Waals surface area contributed by atoms with Crippen molar-refractivity contribution in [3.8, 4) is 0 Å². The van der Waals surface area contributed by atoms with Crippen LogP contribution in [0.3, 0.4) is 0 Å². The van der Waals surface area contributed by atoms with Gasteiger partial charge in [0.25, 0.3) is 0 Å². The number of benzene rings is 1. The summed E-state index contributed by atoms with van der Waals surface area (Å²) in [4.78, 5) is 0. The Labute approximate surface area is 90.0 Å². The van der Waals surface area contributed by atoms with E-state index in [1.54, 1.807) is 0 Å². The van der Waals surface area contributed by atoms with Crippen LogP contribution in [0.1, 0.15) is 30.1 Å². The summed E-state index contributed by atoms with van der Waals surface area (Å²) in [5.41, 5.74) is 1.93. The number of halogens is 1. The smallest absolute Gasteiger partial charge is 0.0793 e. The van der Waals surface area contributed by atoms with Gasteiger partial charge in [-0.1, -0.05) is 29.8 Å². The zero-order chi connectivity index (χ0) is 10.6. The molecule has 2 heteroatoms. The Morgan fingerprint density at radius 1 is 1.57 bits per heavy atom. The van der Waals surface area contributed by atoms with Gasteiger partial charge in [0.15, 0.2) is 0 Å². The summed E-state index contributed by atoms with van der Waals surface area (Å²) < 4.78 is 0. The minimum absolute atomic E-state index is 0.413. The van der Waals surface area contributed by atoms with E-state index >= 15 is 0 Å². The van der Waals surface area contributed by atoms with Crippen LogP contribution in [0.5, 0.6) is 0 Å². The molecule has 0 aliphatic rings. The maximum absolute atomic E-state index is 9.78. The van der Waals surface area contributed by atoms with Gasteiger partial charge in [-0.05, 0) is 37.0 Å². The lowest BCUT2D eigenvalue weighted by atomic mass is 10.0. The molecular formula is C12H15ClO. The molecule has 0 aliphatic heterocycles. The standard InChI is InChI=1S/C12H15ClO/c1-3-4-5-12(14)10-6-7-11(13)9(2)8-10/h3,6-8,12,14H,1,4-5H2,2H3. The van der Waals surface area contributed by atoms with Gasteiger partial charge in [-0.25, -0.2) is 0 Å².